The molecule has 226 valence electrons. The molecular formula is C29H52ClN3O5S. The van der Waals surface area contributed by atoms with Crippen LogP contribution in [-0.2, 0) is 27.4 Å². The molecule has 39 heavy (non-hydrogen) atoms. The van der Waals surface area contributed by atoms with Gasteiger partial charge in [-0.2, -0.15) is 4.57 Å². The fourth-order valence-electron chi connectivity index (χ4n) is 4.32. The van der Waals surface area contributed by atoms with Crippen LogP contribution >= 0.6 is 11.3 Å². The third kappa shape index (κ3) is 18.9. The van der Waals surface area contributed by atoms with Crippen molar-refractivity contribution in [2.75, 3.05) is 13.3 Å². The van der Waals surface area contributed by atoms with E-state index in [1.807, 2.05) is 22.4 Å². The predicted molar refractivity (Wildman–Crippen MR) is 152 cm³/mol. The Morgan fingerprint density at radius 3 is 1.82 bits per heavy atom. The molecule has 0 saturated carbocycles. The Morgan fingerprint density at radius 1 is 0.821 bits per heavy atom. The molecular weight excluding hydrogens is 538 g/mol. The van der Waals surface area contributed by atoms with Gasteiger partial charge in [0.2, 0.25) is 23.9 Å². The fourth-order valence-corrected chi connectivity index (χ4v) is 5.18. The number of thiazole rings is 1. The Labute approximate surface area is 246 Å². The number of unbranched alkanes of at least 4 members (excludes halogenated alkanes) is 15. The van der Waals surface area contributed by atoms with Crippen molar-refractivity contribution < 1.29 is 40.8 Å². The van der Waals surface area contributed by atoms with E-state index in [0.717, 1.165) is 30.0 Å². The van der Waals surface area contributed by atoms with E-state index in [-0.39, 0.29) is 19.0 Å². The summed E-state index contributed by atoms with van der Waals surface area (Å²) in [6.45, 7) is 6.39. The number of hydrogen-bond acceptors (Lipinski definition) is 6. The number of alkyl carbamates (subject to hydrolysis) is 1. The lowest BCUT2D eigenvalue weighted by atomic mass is 10.0. The van der Waals surface area contributed by atoms with E-state index in [1.165, 1.54) is 108 Å². The van der Waals surface area contributed by atoms with E-state index in [0.29, 0.717) is 6.54 Å². The van der Waals surface area contributed by atoms with Crippen LogP contribution in [0.1, 0.15) is 129 Å². The SMILES string of the molecule is CCCCCCCCCCCCCCCCCCNC(=O)OCOC(=O)N(Cc1csc[n+]1CC)C(C)=O.[Cl-]. The van der Waals surface area contributed by atoms with Crippen LogP contribution in [0.4, 0.5) is 9.59 Å². The van der Waals surface area contributed by atoms with Crippen molar-refractivity contribution in [3.05, 3.63) is 16.6 Å². The van der Waals surface area contributed by atoms with Crippen molar-refractivity contribution in [2.45, 2.75) is 137 Å². The van der Waals surface area contributed by atoms with Crippen LogP contribution < -0.4 is 22.3 Å². The topological polar surface area (TPSA) is 88.8 Å². The molecule has 0 atom stereocenters. The molecule has 1 N–H and O–H groups in total. The van der Waals surface area contributed by atoms with Gasteiger partial charge in [0.1, 0.15) is 13.1 Å². The molecule has 1 heterocycles. The van der Waals surface area contributed by atoms with Crippen LogP contribution in [0.3, 0.4) is 0 Å². The molecule has 1 rings (SSSR count). The number of aromatic nitrogens is 1. The van der Waals surface area contributed by atoms with Crippen LogP contribution in [0.5, 0.6) is 0 Å². The number of nitrogens with zero attached hydrogens (tertiary/aromatic N) is 2. The molecule has 0 saturated heterocycles. The number of amides is 3. The summed E-state index contributed by atoms with van der Waals surface area (Å²) in [5, 5.41) is 4.56. The molecule has 0 aromatic carbocycles. The summed E-state index contributed by atoms with van der Waals surface area (Å²) in [5.41, 5.74) is 2.76. The van der Waals surface area contributed by atoms with Gasteiger partial charge in [-0.1, -0.05) is 115 Å². The number of nitrogens with one attached hydrogen (secondary N) is 1. The smallest absolute Gasteiger partial charge is 0.419 e. The maximum absolute atomic E-state index is 12.3. The number of aryl methyl sites for hydroxylation is 1. The molecule has 10 heteroatoms. The number of carbonyl (C=O) groups excluding carboxylic acids is 3. The van der Waals surface area contributed by atoms with Crippen molar-refractivity contribution in [2.24, 2.45) is 0 Å². The normalized spacial score (nSPS) is 10.5. The molecule has 0 spiro atoms. The zero-order chi connectivity index (χ0) is 27.8. The average Bonchev–Trinajstić information content (AvgIpc) is 3.36. The highest BCUT2D eigenvalue weighted by Gasteiger charge is 2.25. The quantitative estimate of drug-likeness (QED) is 0.122. The zero-order valence-corrected chi connectivity index (χ0v) is 26.1. The van der Waals surface area contributed by atoms with Crippen LogP contribution in [0, 0.1) is 0 Å². The second kappa shape index (κ2) is 25.1. The van der Waals surface area contributed by atoms with Crippen LogP contribution in [0.25, 0.3) is 0 Å². The van der Waals surface area contributed by atoms with E-state index in [4.69, 9.17) is 9.47 Å². The van der Waals surface area contributed by atoms with Crippen molar-refractivity contribution in [1.82, 2.24) is 10.2 Å². The second-order valence-electron chi connectivity index (χ2n) is 9.93. The summed E-state index contributed by atoms with van der Waals surface area (Å²) in [7, 11) is 0. The molecule has 0 bridgehead atoms. The molecule has 0 aliphatic rings. The first-order valence-electron chi connectivity index (χ1n) is 14.8. The van der Waals surface area contributed by atoms with Gasteiger partial charge >= 0.3 is 12.2 Å². The number of rotatable bonds is 22. The van der Waals surface area contributed by atoms with Crippen LogP contribution in [-0.4, -0.2) is 36.3 Å². The zero-order valence-electron chi connectivity index (χ0n) is 24.5. The maximum atomic E-state index is 12.3. The largest absolute Gasteiger partial charge is 1.00 e. The number of halogens is 1. The Balaban J connectivity index is 0.0000144. The minimum Gasteiger partial charge on any atom is -1.00 e. The Hall–Kier alpha value is -1.87. The number of carbonyl (C=O) groups is 3. The number of imide groups is 1. The summed E-state index contributed by atoms with van der Waals surface area (Å²) >= 11 is 1.49. The monoisotopic (exact) mass is 589 g/mol. The third-order valence-corrected chi connectivity index (χ3v) is 7.48. The van der Waals surface area contributed by atoms with Crippen LogP contribution in [0.2, 0.25) is 0 Å². The van der Waals surface area contributed by atoms with E-state index < -0.39 is 24.9 Å². The highest BCUT2D eigenvalue weighted by Crippen LogP contribution is 2.13. The molecule has 0 fully saturated rings. The third-order valence-electron chi connectivity index (χ3n) is 6.69. The van der Waals surface area contributed by atoms with Gasteiger partial charge in [-0.05, 0) is 13.3 Å². The molecule has 0 unspecified atom stereocenters. The van der Waals surface area contributed by atoms with E-state index >= 15 is 0 Å². The van der Waals surface area contributed by atoms with E-state index in [2.05, 4.69) is 12.2 Å². The molecule has 1 aromatic rings. The average molecular weight is 590 g/mol. The van der Waals surface area contributed by atoms with E-state index in [9.17, 15) is 14.4 Å². The highest BCUT2D eigenvalue weighted by molar-refractivity contribution is 7.07. The minimum atomic E-state index is -0.836. The first kappa shape index (κ1) is 37.1. The molecule has 0 radical (unpaired) electrons. The lowest BCUT2D eigenvalue weighted by Gasteiger charge is -2.17. The molecule has 0 aliphatic heterocycles. The Bertz CT molecular complexity index is 778. The van der Waals surface area contributed by atoms with Crippen molar-refractivity contribution in [3.63, 3.8) is 0 Å². The van der Waals surface area contributed by atoms with Gasteiger partial charge in [0.05, 0.1) is 5.38 Å². The number of ether oxygens (including phenoxy) is 2. The predicted octanol–water partition coefficient (Wildman–Crippen LogP) is 4.49. The standard InChI is InChI=1S/C29H51N3O5S.ClH/c1-4-6-7-8-9-10-11-12-13-14-15-16-17-18-19-20-21-30-28(34)36-25-37-29(35)32(26(3)33)22-27-23-38-24-31(27)5-2;/h23-24H,4-22,25H2,1-3H3;1H. The molecule has 3 amide bonds. The lowest BCUT2D eigenvalue weighted by molar-refractivity contribution is -0.696. The first-order valence-corrected chi connectivity index (χ1v) is 15.7. The number of hydrogen-bond donors (Lipinski definition) is 1. The van der Waals surface area contributed by atoms with Gasteiger partial charge in [0, 0.05) is 13.5 Å². The minimum absolute atomic E-state index is 0. The second-order valence-corrected chi connectivity index (χ2v) is 10.7. The van der Waals surface area contributed by atoms with Gasteiger partial charge in [0.25, 0.3) is 0 Å². The summed E-state index contributed by atoms with van der Waals surface area (Å²) in [6.07, 6.45) is 19.4. The van der Waals surface area contributed by atoms with Crippen molar-refractivity contribution in [1.29, 1.82) is 0 Å². The molecule has 1 aromatic heterocycles. The Kier molecular flexibility index (Phi) is 23.9. The first-order chi connectivity index (χ1) is 18.5. The Morgan fingerprint density at radius 2 is 1.33 bits per heavy atom. The van der Waals surface area contributed by atoms with E-state index in [1.54, 1.807) is 0 Å². The lowest BCUT2D eigenvalue weighted by Crippen LogP contribution is -3.00. The van der Waals surface area contributed by atoms with Gasteiger partial charge < -0.3 is 27.2 Å². The molecule has 0 aliphatic carbocycles. The summed E-state index contributed by atoms with van der Waals surface area (Å²) in [5.74, 6) is -0.434. The molecule has 8 nitrogen and oxygen atoms in total. The summed E-state index contributed by atoms with van der Waals surface area (Å²) < 4.78 is 11.8. The summed E-state index contributed by atoms with van der Waals surface area (Å²) in [6, 6.07) is 0. The van der Waals surface area contributed by atoms with Gasteiger partial charge in [-0.3, -0.25) is 4.79 Å². The van der Waals surface area contributed by atoms with Gasteiger partial charge in [0.15, 0.2) is 0 Å². The van der Waals surface area contributed by atoms with Crippen LogP contribution in [0.15, 0.2) is 10.9 Å². The highest BCUT2D eigenvalue weighted by atomic mass is 35.5. The fraction of sp³-hybridized carbons (Fsp3) is 0.793. The van der Waals surface area contributed by atoms with Crippen molar-refractivity contribution >= 4 is 29.4 Å². The van der Waals surface area contributed by atoms with Crippen molar-refractivity contribution in [3.8, 4) is 0 Å². The maximum Gasteiger partial charge on any atom is 0.419 e. The summed E-state index contributed by atoms with van der Waals surface area (Å²) in [4.78, 5) is 37.0. The van der Waals surface area contributed by atoms with Gasteiger partial charge in [-0.15, -0.1) is 0 Å². The van der Waals surface area contributed by atoms with Gasteiger partial charge in [-0.25, -0.2) is 14.5 Å².